The summed E-state index contributed by atoms with van der Waals surface area (Å²) in [5.41, 5.74) is 0.312. The molecule has 1 aromatic heterocycles. The molecule has 0 unspecified atom stereocenters. The molecule has 0 amide bonds. The molecule has 1 aromatic carbocycles. The summed E-state index contributed by atoms with van der Waals surface area (Å²) in [4.78, 5) is 0. The molecule has 17 heavy (non-hydrogen) atoms. The van der Waals surface area contributed by atoms with Crippen molar-refractivity contribution in [1.29, 1.82) is 0 Å². The van der Waals surface area contributed by atoms with Crippen LogP contribution in [0.1, 0.15) is 0 Å². The van der Waals surface area contributed by atoms with E-state index in [0.29, 0.717) is 23.1 Å². The molecule has 0 saturated carbocycles. The maximum atomic E-state index is 13.8. The topological polar surface area (TPSA) is 52.0 Å². The molecular formula is C11H13FN4O. The average Bonchev–Trinajstić information content (AvgIpc) is 2.70. The van der Waals surface area contributed by atoms with E-state index in [1.165, 1.54) is 13.2 Å². The van der Waals surface area contributed by atoms with Crippen LogP contribution < -0.4 is 10.1 Å². The molecule has 0 aliphatic heterocycles. The zero-order valence-corrected chi connectivity index (χ0v) is 9.86. The molecule has 2 aromatic rings. The van der Waals surface area contributed by atoms with Gasteiger partial charge in [0.25, 0.3) is 0 Å². The summed E-state index contributed by atoms with van der Waals surface area (Å²) in [7, 11) is 4.98. The highest BCUT2D eigenvalue weighted by molar-refractivity contribution is 5.66. The van der Waals surface area contributed by atoms with Crippen LogP contribution >= 0.6 is 0 Å². The van der Waals surface area contributed by atoms with E-state index in [1.54, 1.807) is 30.8 Å². The van der Waals surface area contributed by atoms with Gasteiger partial charge in [0, 0.05) is 14.1 Å². The van der Waals surface area contributed by atoms with Crippen LogP contribution in [-0.2, 0) is 7.05 Å². The first-order chi connectivity index (χ1) is 8.19. The van der Waals surface area contributed by atoms with E-state index in [4.69, 9.17) is 4.74 Å². The number of aromatic nitrogens is 3. The first-order valence-corrected chi connectivity index (χ1v) is 5.09. The molecule has 2 rings (SSSR count). The first-order valence-electron chi connectivity index (χ1n) is 5.09. The monoisotopic (exact) mass is 236 g/mol. The molecule has 0 bridgehead atoms. The summed E-state index contributed by atoms with van der Waals surface area (Å²) >= 11 is 0. The van der Waals surface area contributed by atoms with Gasteiger partial charge in [-0.1, -0.05) is 6.07 Å². The Kier molecular flexibility index (Phi) is 2.95. The summed E-state index contributed by atoms with van der Waals surface area (Å²) in [5, 5.41) is 10.7. The van der Waals surface area contributed by atoms with Crippen LogP contribution in [0, 0.1) is 5.82 Å². The standard InChI is InChI=1S/C11H13FN4O/c1-13-11-15-14-10(16(11)2)9-7(12)5-4-6-8(9)17-3/h4-6H,1-3H3,(H,13,15). The lowest BCUT2D eigenvalue weighted by atomic mass is 10.1. The normalized spacial score (nSPS) is 10.4. The number of rotatable bonds is 3. The third-order valence-corrected chi connectivity index (χ3v) is 2.52. The van der Waals surface area contributed by atoms with Gasteiger partial charge in [0.05, 0.1) is 12.7 Å². The lowest BCUT2D eigenvalue weighted by Crippen LogP contribution is -2.01. The molecule has 0 aliphatic carbocycles. The number of nitrogens with zero attached hydrogens (tertiary/aromatic N) is 3. The van der Waals surface area contributed by atoms with Crippen molar-refractivity contribution in [3.63, 3.8) is 0 Å². The molecule has 90 valence electrons. The number of ether oxygens (including phenoxy) is 1. The van der Waals surface area contributed by atoms with E-state index < -0.39 is 0 Å². The van der Waals surface area contributed by atoms with Crippen LogP contribution in [0.15, 0.2) is 18.2 Å². The van der Waals surface area contributed by atoms with E-state index >= 15 is 0 Å². The van der Waals surface area contributed by atoms with Crippen molar-refractivity contribution in [2.24, 2.45) is 7.05 Å². The molecule has 0 fully saturated rings. The number of benzene rings is 1. The van der Waals surface area contributed by atoms with Gasteiger partial charge in [-0.2, -0.15) is 0 Å². The van der Waals surface area contributed by atoms with Crippen molar-refractivity contribution in [3.05, 3.63) is 24.0 Å². The highest BCUT2D eigenvalue weighted by Crippen LogP contribution is 2.31. The summed E-state index contributed by atoms with van der Waals surface area (Å²) in [6.45, 7) is 0. The SMILES string of the molecule is CNc1nnc(-c2c(F)cccc2OC)n1C. The Morgan fingerprint density at radius 1 is 1.35 bits per heavy atom. The Labute approximate surface area is 98.2 Å². The number of hydrogen-bond acceptors (Lipinski definition) is 4. The summed E-state index contributed by atoms with van der Waals surface area (Å²) in [6.07, 6.45) is 0. The quantitative estimate of drug-likeness (QED) is 0.880. The van der Waals surface area contributed by atoms with Gasteiger partial charge in [0.15, 0.2) is 5.82 Å². The molecule has 5 nitrogen and oxygen atoms in total. The van der Waals surface area contributed by atoms with E-state index in [9.17, 15) is 4.39 Å². The van der Waals surface area contributed by atoms with Crippen LogP contribution in [-0.4, -0.2) is 28.9 Å². The fourth-order valence-corrected chi connectivity index (χ4v) is 1.66. The van der Waals surface area contributed by atoms with Crippen LogP contribution in [0.2, 0.25) is 0 Å². The molecule has 0 atom stereocenters. The van der Waals surface area contributed by atoms with Crippen molar-refractivity contribution in [2.45, 2.75) is 0 Å². The van der Waals surface area contributed by atoms with Crippen LogP contribution in [0.25, 0.3) is 11.4 Å². The van der Waals surface area contributed by atoms with Crippen LogP contribution in [0.4, 0.5) is 10.3 Å². The van der Waals surface area contributed by atoms with Crippen molar-refractivity contribution in [3.8, 4) is 17.1 Å². The maximum absolute atomic E-state index is 13.8. The number of nitrogens with one attached hydrogen (secondary N) is 1. The Balaban J connectivity index is 2.63. The fraction of sp³-hybridized carbons (Fsp3) is 0.273. The lowest BCUT2D eigenvalue weighted by molar-refractivity contribution is 0.413. The van der Waals surface area contributed by atoms with Gasteiger partial charge in [-0.15, -0.1) is 10.2 Å². The Morgan fingerprint density at radius 2 is 2.12 bits per heavy atom. The third-order valence-electron chi connectivity index (χ3n) is 2.52. The van der Waals surface area contributed by atoms with Crippen LogP contribution in [0.3, 0.4) is 0 Å². The summed E-state index contributed by atoms with van der Waals surface area (Å²) in [6, 6.07) is 4.64. The van der Waals surface area contributed by atoms with E-state index in [2.05, 4.69) is 15.5 Å². The molecule has 6 heteroatoms. The predicted molar refractivity (Wildman–Crippen MR) is 62.5 cm³/mol. The van der Waals surface area contributed by atoms with Crippen molar-refractivity contribution >= 4 is 5.95 Å². The Hall–Kier alpha value is -2.11. The summed E-state index contributed by atoms with van der Waals surface area (Å²) < 4.78 is 20.6. The van der Waals surface area contributed by atoms with E-state index in [1.807, 2.05) is 0 Å². The average molecular weight is 236 g/mol. The van der Waals surface area contributed by atoms with Gasteiger partial charge < -0.3 is 10.1 Å². The minimum absolute atomic E-state index is 0.312. The first kappa shape index (κ1) is 11.4. The van der Waals surface area contributed by atoms with Gasteiger partial charge in [-0.3, -0.25) is 4.57 Å². The second-order valence-electron chi connectivity index (χ2n) is 3.47. The van der Waals surface area contributed by atoms with Crippen LogP contribution in [0.5, 0.6) is 5.75 Å². The zero-order chi connectivity index (χ0) is 12.4. The molecular weight excluding hydrogens is 223 g/mol. The number of halogens is 1. The summed E-state index contributed by atoms with van der Waals surface area (Å²) in [5.74, 6) is 1.03. The van der Waals surface area contributed by atoms with E-state index in [-0.39, 0.29) is 5.82 Å². The number of anilines is 1. The van der Waals surface area contributed by atoms with Crippen molar-refractivity contribution in [2.75, 3.05) is 19.5 Å². The third kappa shape index (κ3) is 1.82. The molecule has 0 spiro atoms. The highest BCUT2D eigenvalue weighted by Gasteiger charge is 2.18. The molecule has 1 heterocycles. The van der Waals surface area contributed by atoms with Gasteiger partial charge >= 0.3 is 0 Å². The van der Waals surface area contributed by atoms with Crippen molar-refractivity contribution in [1.82, 2.24) is 14.8 Å². The minimum Gasteiger partial charge on any atom is -0.496 e. The number of hydrogen-bond donors (Lipinski definition) is 1. The van der Waals surface area contributed by atoms with Gasteiger partial charge in [-0.25, -0.2) is 4.39 Å². The Bertz CT molecular complexity index is 538. The second kappa shape index (κ2) is 4.40. The maximum Gasteiger partial charge on any atom is 0.224 e. The smallest absolute Gasteiger partial charge is 0.224 e. The minimum atomic E-state index is -0.387. The predicted octanol–water partition coefficient (Wildman–Crippen LogP) is 1.67. The lowest BCUT2D eigenvalue weighted by Gasteiger charge is -2.09. The fourth-order valence-electron chi connectivity index (χ4n) is 1.66. The molecule has 0 radical (unpaired) electrons. The number of methoxy groups -OCH3 is 1. The van der Waals surface area contributed by atoms with Gasteiger partial charge in [0.2, 0.25) is 5.95 Å². The molecule has 1 N–H and O–H groups in total. The molecule has 0 aliphatic rings. The van der Waals surface area contributed by atoms with E-state index in [0.717, 1.165) is 0 Å². The second-order valence-corrected chi connectivity index (χ2v) is 3.47. The highest BCUT2D eigenvalue weighted by atomic mass is 19.1. The van der Waals surface area contributed by atoms with Gasteiger partial charge in [-0.05, 0) is 12.1 Å². The Morgan fingerprint density at radius 3 is 2.71 bits per heavy atom. The zero-order valence-electron chi connectivity index (χ0n) is 9.86. The largest absolute Gasteiger partial charge is 0.496 e. The molecule has 0 saturated heterocycles. The van der Waals surface area contributed by atoms with Crippen molar-refractivity contribution < 1.29 is 9.13 Å². The van der Waals surface area contributed by atoms with Gasteiger partial charge in [0.1, 0.15) is 11.6 Å².